The second-order valence-electron chi connectivity index (χ2n) is 6.37. The number of nitrogens with zero attached hydrogens (tertiary/aromatic N) is 2. The molecule has 2 aromatic carbocycles. The van der Waals surface area contributed by atoms with E-state index in [9.17, 15) is 9.90 Å². The highest BCUT2D eigenvalue weighted by Gasteiger charge is 2.21. The molecule has 1 amide bonds. The van der Waals surface area contributed by atoms with Crippen LogP contribution < -0.4 is 5.32 Å². The molecule has 6 heteroatoms. The van der Waals surface area contributed by atoms with Crippen LogP contribution in [0, 0.1) is 0 Å². The van der Waals surface area contributed by atoms with Crippen molar-refractivity contribution >= 4 is 23.0 Å². The zero-order valence-electron chi connectivity index (χ0n) is 14.9. The van der Waals surface area contributed by atoms with E-state index >= 15 is 0 Å². The highest BCUT2D eigenvalue weighted by Crippen LogP contribution is 2.27. The molecule has 0 aliphatic rings. The summed E-state index contributed by atoms with van der Waals surface area (Å²) in [6.07, 6.45) is 1.79. The number of hydrogen-bond donors (Lipinski definition) is 2. The average molecular weight is 392 g/mol. The van der Waals surface area contributed by atoms with Gasteiger partial charge in [0.2, 0.25) is 5.82 Å². The van der Waals surface area contributed by atoms with Crippen molar-refractivity contribution in [2.24, 2.45) is 0 Å². The van der Waals surface area contributed by atoms with Crippen LogP contribution in [0.4, 0.5) is 0 Å². The topological polar surface area (TPSA) is 66.6 Å². The number of carbonyl (C=O) groups excluding carboxylic acids is 1. The Kier molecular flexibility index (Phi) is 5.10. The van der Waals surface area contributed by atoms with E-state index < -0.39 is 6.04 Å². The molecule has 2 aromatic heterocycles. The summed E-state index contributed by atoms with van der Waals surface area (Å²) in [6.45, 7) is -0.208. The molecule has 0 saturated carbocycles. The van der Waals surface area contributed by atoms with E-state index in [-0.39, 0.29) is 18.3 Å². The zero-order chi connectivity index (χ0) is 19.5. The van der Waals surface area contributed by atoms with Gasteiger partial charge in [-0.3, -0.25) is 9.20 Å². The number of aromatic nitrogens is 2. The fourth-order valence-electron chi connectivity index (χ4n) is 3.19. The lowest BCUT2D eigenvalue weighted by molar-refractivity contribution is 0.0905. The Morgan fingerprint density at radius 2 is 1.86 bits per heavy atom. The Labute approximate surface area is 167 Å². The van der Waals surface area contributed by atoms with Crippen LogP contribution in [0.3, 0.4) is 0 Å². The van der Waals surface area contributed by atoms with Crippen molar-refractivity contribution in [1.29, 1.82) is 0 Å². The number of aliphatic hydroxyl groups excluding tert-OH is 1. The lowest BCUT2D eigenvalue weighted by Gasteiger charge is -2.16. The van der Waals surface area contributed by atoms with E-state index in [4.69, 9.17) is 11.6 Å². The van der Waals surface area contributed by atoms with Crippen molar-refractivity contribution in [1.82, 2.24) is 14.7 Å². The number of hydrogen-bond acceptors (Lipinski definition) is 3. The first-order chi connectivity index (χ1) is 13.7. The number of imidazole rings is 1. The molecule has 0 bridgehead atoms. The molecule has 0 spiro atoms. The van der Waals surface area contributed by atoms with Crippen LogP contribution in [0.25, 0.3) is 16.8 Å². The van der Waals surface area contributed by atoms with Crippen molar-refractivity contribution in [3.05, 3.63) is 95.4 Å². The summed E-state index contributed by atoms with van der Waals surface area (Å²) in [5.41, 5.74) is 3.13. The summed E-state index contributed by atoms with van der Waals surface area (Å²) in [5, 5.41) is 13.2. The van der Waals surface area contributed by atoms with Crippen LogP contribution in [0.1, 0.15) is 22.2 Å². The first-order valence-electron chi connectivity index (χ1n) is 8.87. The highest BCUT2D eigenvalue weighted by atomic mass is 35.5. The molecule has 0 radical (unpaired) electrons. The molecule has 0 saturated heterocycles. The number of carbonyl (C=O) groups is 1. The normalized spacial score (nSPS) is 12.1. The molecule has 4 aromatic rings. The van der Waals surface area contributed by atoms with Crippen LogP contribution in [0.2, 0.25) is 5.02 Å². The minimum Gasteiger partial charge on any atom is -0.394 e. The second-order valence-corrected chi connectivity index (χ2v) is 6.81. The van der Waals surface area contributed by atoms with Crippen molar-refractivity contribution in [2.75, 3.05) is 6.61 Å². The largest absolute Gasteiger partial charge is 0.394 e. The average Bonchev–Trinajstić information content (AvgIpc) is 3.12. The number of rotatable bonds is 5. The van der Waals surface area contributed by atoms with Gasteiger partial charge < -0.3 is 10.4 Å². The molecule has 0 aliphatic carbocycles. The number of nitrogens with one attached hydrogen (secondary N) is 1. The SMILES string of the molecule is O=C(N[C@@H](CO)c1ccccc1)c1nc(-c2cccc(Cl)c2)c2ccccn12. The van der Waals surface area contributed by atoms with Gasteiger partial charge in [-0.1, -0.05) is 60.1 Å². The molecule has 0 unspecified atom stereocenters. The van der Waals surface area contributed by atoms with Crippen LogP contribution in [-0.2, 0) is 0 Å². The highest BCUT2D eigenvalue weighted by molar-refractivity contribution is 6.30. The Hall–Kier alpha value is -3.15. The molecule has 5 nitrogen and oxygen atoms in total. The minimum atomic E-state index is -0.514. The van der Waals surface area contributed by atoms with Gasteiger partial charge in [0.05, 0.1) is 23.9 Å². The maximum Gasteiger partial charge on any atom is 0.288 e. The summed E-state index contributed by atoms with van der Waals surface area (Å²) in [4.78, 5) is 17.6. The molecule has 1 atom stereocenters. The first-order valence-corrected chi connectivity index (χ1v) is 9.25. The van der Waals surface area contributed by atoms with Gasteiger partial charge in [0, 0.05) is 16.8 Å². The van der Waals surface area contributed by atoms with Crippen LogP contribution in [0.5, 0.6) is 0 Å². The fourth-order valence-corrected chi connectivity index (χ4v) is 3.38. The molecular weight excluding hydrogens is 374 g/mol. The van der Waals surface area contributed by atoms with Gasteiger partial charge in [-0.2, -0.15) is 0 Å². The first kappa shape index (κ1) is 18.2. The Balaban J connectivity index is 1.73. The summed E-state index contributed by atoms with van der Waals surface area (Å²) < 4.78 is 1.74. The molecule has 2 heterocycles. The summed E-state index contributed by atoms with van der Waals surface area (Å²) in [7, 11) is 0. The summed E-state index contributed by atoms with van der Waals surface area (Å²) in [6, 6.07) is 21.8. The Bertz CT molecular complexity index is 1130. The van der Waals surface area contributed by atoms with E-state index in [1.807, 2.05) is 66.7 Å². The third-order valence-electron chi connectivity index (χ3n) is 4.54. The van der Waals surface area contributed by atoms with Gasteiger partial charge in [0.15, 0.2) is 0 Å². The molecule has 0 aliphatic heterocycles. The van der Waals surface area contributed by atoms with E-state index in [0.717, 1.165) is 16.6 Å². The van der Waals surface area contributed by atoms with Crippen LogP contribution in [0.15, 0.2) is 79.0 Å². The van der Waals surface area contributed by atoms with Crippen LogP contribution in [-0.4, -0.2) is 27.0 Å². The summed E-state index contributed by atoms with van der Waals surface area (Å²) >= 11 is 6.13. The van der Waals surface area contributed by atoms with Crippen molar-refractivity contribution < 1.29 is 9.90 Å². The van der Waals surface area contributed by atoms with E-state index in [2.05, 4.69) is 10.3 Å². The van der Waals surface area contributed by atoms with Gasteiger partial charge in [-0.05, 0) is 29.8 Å². The van der Waals surface area contributed by atoms with Crippen molar-refractivity contribution in [3.8, 4) is 11.3 Å². The monoisotopic (exact) mass is 391 g/mol. The third-order valence-corrected chi connectivity index (χ3v) is 4.77. The van der Waals surface area contributed by atoms with Gasteiger partial charge in [-0.25, -0.2) is 4.98 Å². The summed E-state index contributed by atoms with van der Waals surface area (Å²) in [5.74, 6) is -0.114. The number of amides is 1. The van der Waals surface area contributed by atoms with Gasteiger partial charge in [-0.15, -0.1) is 0 Å². The smallest absolute Gasteiger partial charge is 0.288 e. The maximum absolute atomic E-state index is 13.0. The molecule has 28 heavy (non-hydrogen) atoms. The number of aliphatic hydroxyl groups is 1. The standard InChI is InChI=1S/C22H18ClN3O2/c23-17-10-6-9-16(13-17)20-19-11-4-5-12-26(19)21(25-20)22(28)24-18(14-27)15-7-2-1-3-8-15/h1-13,18,27H,14H2,(H,24,28)/t18-/m0/s1. The Morgan fingerprint density at radius 3 is 2.61 bits per heavy atom. The molecule has 2 N–H and O–H groups in total. The third kappa shape index (κ3) is 3.50. The predicted molar refractivity (Wildman–Crippen MR) is 109 cm³/mol. The van der Waals surface area contributed by atoms with E-state index in [0.29, 0.717) is 10.7 Å². The number of benzene rings is 2. The fraction of sp³-hybridized carbons (Fsp3) is 0.0909. The van der Waals surface area contributed by atoms with Gasteiger partial charge >= 0.3 is 0 Å². The van der Waals surface area contributed by atoms with Crippen molar-refractivity contribution in [2.45, 2.75) is 6.04 Å². The quantitative estimate of drug-likeness (QED) is 0.537. The molecule has 4 rings (SSSR count). The zero-order valence-corrected chi connectivity index (χ0v) is 15.7. The number of halogens is 1. The predicted octanol–water partition coefficient (Wildman–Crippen LogP) is 4.12. The Morgan fingerprint density at radius 1 is 1.07 bits per heavy atom. The maximum atomic E-state index is 13.0. The second kappa shape index (κ2) is 7.84. The van der Waals surface area contributed by atoms with E-state index in [1.54, 1.807) is 16.7 Å². The van der Waals surface area contributed by atoms with Gasteiger partial charge in [0.1, 0.15) is 0 Å². The lowest BCUT2D eigenvalue weighted by atomic mass is 10.1. The van der Waals surface area contributed by atoms with E-state index in [1.165, 1.54) is 0 Å². The lowest BCUT2D eigenvalue weighted by Crippen LogP contribution is -2.32. The molecule has 0 fully saturated rings. The van der Waals surface area contributed by atoms with Gasteiger partial charge in [0.25, 0.3) is 5.91 Å². The number of pyridine rings is 1. The molecule has 140 valence electrons. The van der Waals surface area contributed by atoms with Crippen LogP contribution >= 0.6 is 11.6 Å². The minimum absolute atomic E-state index is 0.208. The number of fused-ring (bicyclic) bond motifs is 1. The molecular formula is C22H18ClN3O2. The van der Waals surface area contributed by atoms with Crippen molar-refractivity contribution in [3.63, 3.8) is 0 Å².